The fraction of sp³-hybridized carbons (Fsp3) is 0.440. The zero-order valence-corrected chi connectivity index (χ0v) is 24.4. The van der Waals surface area contributed by atoms with E-state index >= 15 is 0 Å². The third kappa shape index (κ3) is 7.56. The molecule has 9 nitrogen and oxygen atoms in total. The van der Waals surface area contributed by atoms with Crippen LogP contribution in [-0.2, 0) is 24.3 Å². The largest absolute Gasteiger partial charge is 0.479 e. The molecule has 0 amide bonds. The molecule has 2 heterocycles. The molecule has 0 saturated carbocycles. The minimum absolute atomic E-state index is 0.108. The Morgan fingerprint density at radius 2 is 1.95 bits per heavy atom. The summed E-state index contributed by atoms with van der Waals surface area (Å²) in [5.74, 6) is -0.917. The van der Waals surface area contributed by atoms with Crippen LogP contribution in [-0.4, -0.2) is 63.1 Å². The van der Waals surface area contributed by atoms with Gasteiger partial charge in [-0.25, -0.2) is 18.0 Å². The van der Waals surface area contributed by atoms with E-state index in [2.05, 4.69) is 27.8 Å². The van der Waals surface area contributed by atoms with Gasteiger partial charge >= 0.3 is 11.9 Å². The number of nitrogens with one attached hydrogen (secondary N) is 1. The summed E-state index contributed by atoms with van der Waals surface area (Å²) in [6, 6.07) is 7.78. The zero-order valence-electron chi connectivity index (χ0n) is 21.2. The number of esters is 2. The molecule has 1 aromatic heterocycles. The number of thiophene rings is 1. The quantitative estimate of drug-likeness (QED) is 0.391. The average Bonchev–Trinajstić information content (AvgIpc) is 3.17. The summed E-state index contributed by atoms with van der Waals surface area (Å²) >= 11 is 4.73. The van der Waals surface area contributed by atoms with Gasteiger partial charge in [-0.2, -0.15) is 4.31 Å². The Kier molecular flexibility index (Phi) is 9.43. The number of benzene rings is 1. The molecule has 202 valence electrons. The number of halogens is 1. The van der Waals surface area contributed by atoms with Gasteiger partial charge in [-0.05, 0) is 67.2 Å². The Morgan fingerprint density at radius 1 is 1.27 bits per heavy atom. The molecule has 0 spiro atoms. The Bertz CT molecular complexity index is 1260. The molecular weight excluding hydrogens is 584 g/mol. The van der Waals surface area contributed by atoms with E-state index in [1.165, 1.54) is 22.8 Å². The molecule has 3 rings (SSSR count). The Morgan fingerprint density at radius 3 is 2.54 bits per heavy atom. The fourth-order valence-electron chi connectivity index (χ4n) is 3.79. The number of ether oxygens (including phenoxy) is 3. The van der Waals surface area contributed by atoms with Gasteiger partial charge in [0.1, 0.15) is 5.60 Å². The zero-order chi connectivity index (χ0) is 27.4. The van der Waals surface area contributed by atoms with Crippen LogP contribution in [0.3, 0.4) is 0 Å². The molecule has 0 aliphatic carbocycles. The SMILES string of the molecule is C=CS(=O)(=O)N1CCC(Nc2cccc(-c3sc(C(=O)OC)c(OCC(=O)OC(C)(C)C)c3Br)c2)CC1. The van der Waals surface area contributed by atoms with Crippen molar-refractivity contribution in [1.82, 2.24) is 4.31 Å². The summed E-state index contributed by atoms with van der Waals surface area (Å²) < 4.78 is 41.9. The lowest BCUT2D eigenvalue weighted by Gasteiger charge is -2.31. The van der Waals surface area contributed by atoms with E-state index < -0.39 is 27.6 Å². The number of sulfonamides is 1. The summed E-state index contributed by atoms with van der Waals surface area (Å²) in [4.78, 5) is 25.6. The molecule has 0 atom stereocenters. The summed E-state index contributed by atoms with van der Waals surface area (Å²) in [6.07, 6.45) is 1.32. The minimum Gasteiger partial charge on any atom is -0.479 e. The monoisotopic (exact) mass is 614 g/mol. The van der Waals surface area contributed by atoms with Gasteiger partial charge in [0.25, 0.3) is 0 Å². The standard InChI is InChI=1S/C25H31BrN2O7S2/c1-6-37(31,32)28-12-10-17(11-13-28)27-18-9-7-8-16(14-18)22-20(26)21(23(36-22)24(30)33-5)34-15-19(29)35-25(2,3)4/h6-9,14,17,27H,1,10-13,15H2,2-5H3. The molecule has 1 fully saturated rings. The van der Waals surface area contributed by atoms with Crippen molar-refractivity contribution in [3.63, 3.8) is 0 Å². The molecule has 0 bridgehead atoms. The number of piperidine rings is 1. The lowest BCUT2D eigenvalue weighted by molar-refractivity contribution is -0.157. The summed E-state index contributed by atoms with van der Waals surface area (Å²) in [5, 5.41) is 4.46. The minimum atomic E-state index is -3.41. The molecule has 2 aromatic rings. The van der Waals surface area contributed by atoms with Gasteiger partial charge in [0, 0.05) is 30.2 Å². The Balaban J connectivity index is 1.78. The number of carbonyl (C=O) groups is 2. The predicted molar refractivity (Wildman–Crippen MR) is 147 cm³/mol. The van der Waals surface area contributed by atoms with E-state index in [0.29, 0.717) is 30.4 Å². The second-order valence-corrected chi connectivity index (χ2v) is 13.1. The number of methoxy groups -OCH3 is 1. The predicted octanol–water partition coefficient (Wildman–Crippen LogP) is 5.03. The molecule has 1 aromatic carbocycles. The highest BCUT2D eigenvalue weighted by molar-refractivity contribution is 9.10. The van der Waals surface area contributed by atoms with Crippen molar-refractivity contribution in [1.29, 1.82) is 0 Å². The average molecular weight is 616 g/mol. The van der Waals surface area contributed by atoms with Crippen molar-refractivity contribution >= 4 is 54.9 Å². The van der Waals surface area contributed by atoms with Crippen LogP contribution in [0.5, 0.6) is 5.75 Å². The van der Waals surface area contributed by atoms with Crippen LogP contribution in [0.1, 0.15) is 43.3 Å². The first-order valence-corrected chi connectivity index (χ1v) is 14.7. The van der Waals surface area contributed by atoms with Crippen molar-refractivity contribution in [3.05, 3.63) is 45.6 Å². The lowest BCUT2D eigenvalue weighted by Crippen LogP contribution is -2.41. The number of rotatable bonds is 9. The van der Waals surface area contributed by atoms with Gasteiger partial charge in [0.05, 0.1) is 16.5 Å². The Labute approximate surface area is 230 Å². The van der Waals surface area contributed by atoms with Gasteiger partial charge in [-0.3, -0.25) is 0 Å². The van der Waals surface area contributed by atoms with Crippen LogP contribution in [0.2, 0.25) is 0 Å². The van der Waals surface area contributed by atoms with Gasteiger partial charge < -0.3 is 19.5 Å². The van der Waals surface area contributed by atoms with E-state index in [1.807, 2.05) is 24.3 Å². The van der Waals surface area contributed by atoms with E-state index in [-0.39, 0.29) is 23.3 Å². The molecule has 1 saturated heterocycles. The summed E-state index contributed by atoms with van der Waals surface area (Å²) in [5.41, 5.74) is 1.02. The van der Waals surface area contributed by atoms with E-state index in [4.69, 9.17) is 14.2 Å². The van der Waals surface area contributed by atoms with Crippen LogP contribution in [0.15, 0.2) is 40.7 Å². The summed E-state index contributed by atoms with van der Waals surface area (Å²) in [7, 11) is -2.13. The number of hydrogen-bond acceptors (Lipinski definition) is 9. The highest BCUT2D eigenvalue weighted by Gasteiger charge is 2.28. The van der Waals surface area contributed by atoms with E-state index in [1.54, 1.807) is 20.8 Å². The lowest BCUT2D eigenvalue weighted by atomic mass is 10.1. The van der Waals surface area contributed by atoms with Gasteiger partial charge in [0.15, 0.2) is 17.2 Å². The second-order valence-electron chi connectivity index (χ2n) is 9.38. The maximum Gasteiger partial charge on any atom is 0.351 e. The van der Waals surface area contributed by atoms with Gasteiger partial charge in [0.2, 0.25) is 10.0 Å². The topological polar surface area (TPSA) is 111 Å². The van der Waals surface area contributed by atoms with Crippen molar-refractivity contribution in [2.45, 2.75) is 45.3 Å². The summed E-state index contributed by atoms with van der Waals surface area (Å²) in [6.45, 7) is 9.15. The molecule has 0 unspecified atom stereocenters. The van der Waals surface area contributed by atoms with Gasteiger partial charge in [-0.1, -0.05) is 18.7 Å². The highest BCUT2D eigenvalue weighted by atomic mass is 79.9. The van der Waals surface area contributed by atoms with Crippen LogP contribution in [0, 0.1) is 0 Å². The first kappa shape index (κ1) is 29.2. The molecule has 0 radical (unpaired) electrons. The molecule has 1 N–H and O–H groups in total. The molecule has 12 heteroatoms. The second kappa shape index (κ2) is 12.0. The van der Waals surface area contributed by atoms with Crippen molar-refractivity contribution in [3.8, 4) is 16.2 Å². The molecular formula is C25H31BrN2O7S2. The number of nitrogens with zero attached hydrogens (tertiary/aromatic N) is 1. The maximum atomic E-state index is 12.5. The number of anilines is 1. The first-order chi connectivity index (χ1) is 17.3. The van der Waals surface area contributed by atoms with E-state index in [0.717, 1.165) is 21.5 Å². The van der Waals surface area contributed by atoms with Crippen molar-refractivity contribution in [2.75, 3.05) is 32.1 Å². The normalized spacial score (nSPS) is 15.2. The van der Waals surface area contributed by atoms with E-state index in [9.17, 15) is 18.0 Å². The first-order valence-electron chi connectivity index (χ1n) is 11.6. The van der Waals surface area contributed by atoms with Crippen LogP contribution in [0.4, 0.5) is 5.69 Å². The third-order valence-electron chi connectivity index (χ3n) is 5.45. The maximum absolute atomic E-state index is 12.5. The smallest absolute Gasteiger partial charge is 0.351 e. The molecule has 1 aliphatic rings. The van der Waals surface area contributed by atoms with Crippen LogP contribution >= 0.6 is 27.3 Å². The van der Waals surface area contributed by atoms with Gasteiger partial charge in [-0.15, -0.1) is 11.3 Å². The van der Waals surface area contributed by atoms with Crippen LogP contribution in [0.25, 0.3) is 10.4 Å². The fourth-order valence-corrected chi connectivity index (χ4v) is 6.68. The van der Waals surface area contributed by atoms with Crippen molar-refractivity contribution < 1.29 is 32.2 Å². The number of carbonyl (C=O) groups excluding carboxylic acids is 2. The number of hydrogen-bond donors (Lipinski definition) is 1. The molecule has 1 aliphatic heterocycles. The molecule has 37 heavy (non-hydrogen) atoms. The van der Waals surface area contributed by atoms with Crippen molar-refractivity contribution in [2.24, 2.45) is 0 Å². The third-order valence-corrected chi connectivity index (χ3v) is 9.18. The highest BCUT2D eigenvalue weighted by Crippen LogP contribution is 2.46. The van der Waals surface area contributed by atoms with Crippen LogP contribution < -0.4 is 10.1 Å². The Hall–Kier alpha value is -2.41.